The molecule has 3 fully saturated rings. The Hall–Kier alpha value is -2.43. The number of hydrogen-bond donors (Lipinski definition) is 0. The van der Waals surface area contributed by atoms with Crippen molar-refractivity contribution in [1.29, 1.82) is 0 Å². The Balaban J connectivity index is 1.49. The molecule has 5 heteroatoms. The minimum absolute atomic E-state index is 0.00404. The number of hydrogen-bond acceptors (Lipinski definition) is 4. The minimum atomic E-state index is -0.287. The Morgan fingerprint density at radius 2 is 1.78 bits per heavy atom. The lowest BCUT2D eigenvalue weighted by Gasteiger charge is -2.64. The van der Waals surface area contributed by atoms with Gasteiger partial charge in [0, 0.05) is 11.8 Å². The first-order valence-corrected chi connectivity index (χ1v) is 10.00. The summed E-state index contributed by atoms with van der Waals surface area (Å²) in [5.74, 6) is 0.177. The molecule has 1 aromatic carbocycles. The standard InChI is InChI=1S/C22H22N2O3/c1-2-27-20-21-11-6-12-22(21,23-20)15-10-9-14(21)16-17(15)19(26)24(18(16)25)13-7-4-3-5-8-13/h3-5,7-10,14-17H,2,6,11-12H2,1H3/t14-,15-,16+,17+,21-,22-/m0/s1. The third-order valence-electron chi connectivity index (χ3n) is 7.70. The highest BCUT2D eigenvalue weighted by molar-refractivity contribution is 6.23. The molecule has 0 spiro atoms. The fourth-order valence-corrected chi connectivity index (χ4v) is 6.89. The first kappa shape index (κ1) is 15.6. The van der Waals surface area contributed by atoms with Gasteiger partial charge < -0.3 is 4.74 Å². The van der Waals surface area contributed by atoms with Crippen LogP contribution in [0.1, 0.15) is 26.2 Å². The van der Waals surface area contributed by atoms with E-state index < -0.39 is 0 Å². The van der Waals surface area contributed by atoms with Gasteiger partial charge in [-0.2, -0.15) is 0 Å². The van der Waals surface area contributed by atoms with E-state index in [9.17, 15) is 9.59 Å². The van der Waals surface area contributed by atoms with Crippen LogP contribution in [0.5, 0.6) is 0 Å². The van der Waals surface area contributed by atoms with Crippen molar-refractivity contribution >= 4 is 23.4 Å². The summed E-state index contributed by atoms with van der Waals surface area (Å²) in [6, 6.07) is 9.33. The number of imide groups is 1. The zero-order valence-electron chi connectivity index (χ0n) is 15.3. The van der Waals surface area contributed by atoms with E-state index in [1.54, 1.807) is 0 Å². The number of amides is 2. The third-order valence-corrected chi connectivity index (χ3v) is 7.70. The fraction of sp³-hybridized carbons (Fsp3) is 0.500. The SMILES string of the molecule is CCOC1=N[C@]23CCC[C@]12[C@H]1C=C[C@H]3[C@H]2C(=O)N(c3ccccc3)C(=O)[C@@H]21. The lowest BCUT2D eigenvalue weighted by atomic mass is 9.42. The summed E-state index contributed by atoms with van der Waals surface area (Å²) in [5, 5.41) is 0. The number of benzene rings is 1. The van der Waals surface area contributed by atoms with Gasteiger partial charge in [0.25, 0.3) is 0 Å². The van der Waals surface area contributed by atoms with Crippen molar-refractivity contribution in [2.75, 3.05) is 11.5 Å². The van der Waals surface area contributed by atoms with Gasteiger partial charge in [-0.3, -0.25) is 14.5 Å². The number of anilines is 1. The number of carbonyl (C=O) groups excluding carboxylic acids is 2. The molecule has 2 saturated carbocycles. The van der Waals surface area contributed by atoms with Crippen molar-refractivity contribution in [2.24, 2.45) is 34.1 Å². The van der Waals surface area contributed by atoms with Crippen LogP contribution >= 0.6 is 0 Å². The summed E-state index contributed by atoms with van der Waals surface area (Å²) in [6.45, 7) is 2.57. The monoisotopic (exact) mass is 362 g/mol. The second-order valence-electron chi connectivity index (χ2n) is 8.43. The van der Waals surface area contributed by atoms with E-state index in [4.69, 9.17) is 9.73 Å². The number of nitrogens with zero attached hydrogens (tertiary/aromatic N) is 2. The van der Waals surface area contributed by atoms with Gasteiger partial charge in [0.1, 0.15) is 0 Å². The van der Waals surface area contributed by atoms with E-state index in [-0.39, 0.29) is 46.4 Å². The van der Waals surface area contributed by atoms with E-state index in [2.05, 4.69) is 12.2 Å². The smallest absolute Gasteiger partial charge is 0.238 e. The Bertz CT molecular complexity index is 923. The Labute approximate surface area is 158 Å². The predicted molar refractivity (Wildman–Crippen MR) is 100 cm³/mol. The van der Waals surface area contributed by atoms with Gasteiger partial charge >= 0.3 is 0 Å². The Morgan fingerprint density at radius 3 is 2.52 bits per heavy atom. The number of rotatable bonds is 2. The summed E-state index contributed by atoms with van der Waals surface area (Å²) < 4.78 is 5.93. The Kier molecular flexibility index (Phi) is 2.83. The molecule has 2 amide bonds. The van der Waals surface area contributed by atoms with Crippen LogP contribution < -0.4 is 4.90 Å². The highest BCUT2D eigenvalue weighted by Gasteiger charge is 2.80. The van der Waals surface area contributed by atoms with Crippen LogP contribution in [-0.4, -0.2) is 29.9 Å². The molecule has 1 saturated heterocycles. The van der Waals surface area contributed by atoms with Gasteiger partial charge in [-0.25, -0.2) is 4.99 Å². The van der Waals surface area contributed by atoms with Crippen LogP contribution in [0.15, 0.2) is 47.5 Å². The zero-order valence-corrected chi connectivity index (χ0v) is 15.3. The third kappa shape index (κ3) is 1.50. The molecule has 4 aliphatic carbocycles. The summed E-state index contributed by atoms with van der Waals surface area (Å²) in [7, 11) is 0. The molecule has 7 rings (SSSR count). The molecular formula is C22H22N2O3. The van der Waals surface area contributed by atoms with Crippen LogP contribution in [-0.2, 0) is 14.3 Å². The summed E-state index contributed by atoms with van der Waals surface area (Å²) in [6.07, 6.45) is 7.46. The minimum Gasteiger partial charge on any atom is -0.481 e. The molecule has 0 unspecified atom stereocenters. The van der Waals surface area contributed by atoms with E-state index >= 15 is 0 Å². The summed E-state index contributed by atoms with van der Waals surface area (Å²) >= 11 is 0. The van der Waals surface area contributed by atoms with E-state index in [0.717, 1.165) is 25.2 Å². The van der Waals surface area contributed by atoms with Crippen LogP contribution in [0.3, 0.4) is 0 Å². The van der Waals surface area contributed by atoms with Gasteiger partial charge in [-0.1, -0.05) is 30.4 Å². The maximum Gasteiger partial charge on any atom is 0.238 e. The molecule has 27 heavy (non-hydrogen) atoms. The second kappa shape index (κ2) is 4.89. The maximum absolute atomic E-state index is 13.5. The first-order chi connectivity index (χ1) is 13.2. The van der Waals surface area contributed by atoms with Crippen molar-refractivity contribution in [1.82, 2.24) is 0 Å². The first-order valence-electron chi connectivity index (χ1n) is 10.00. The van der Waals surface area contributed by atoms with Crippen molar-refractivity contribution in [3.05, 3.63) is 42.5 Å². The normalized spacial score (nSPS) is 43.1. The predicted octanol–water partition coefficient (Wildman–Crippen LogP) is 2.97. The molecular weight excluding hydrogens is 340 g/mol. The molecule has 1 aromatic rings. The largest absolute Gasteiger partial charge is 0.481 e. The van der Waals surface area contributed by atoms with Crippen LogP contribution in [0.25, 0.3) is 0 Å². The number of ether oxygens (including phenoxy) is 1. The van der Waals surface area contributed by atoms with Gasteiger partial charge in [-0.15, -0.1) is 0 Å². The number of allylic oxidation sites excluding steroid dienone is 1. The zero-order chi connectivity index (χ0) is 18.4. The lowest BCUT2D eigenvalue weighted by Crippen LogP contribution is -2.72. The lowest BCUT2D eigenvalue weighted by molar-refractivity contribution is -0.135. The molecule has 2 bridgehead atoms. The molecule has 5 nitrogen and oxygen atoms in total. The average molecular weight is 362 g/mol. The van der Waals surface area contributed by atoms with Crippen LogP contribution in [0.2, 0.25) is 0 Å². The molecule has 2 aliphatic heterocycles. The van der Waals surface area contributed by atoms with Crippen LogP contribution in [0.4, 0.5) is 5.69 Å². The van der Waals surface area contributed by atoms with Gasteiger partial charge in [-0.05, 0) is 38.3 Å². The van der Waals surface area contributed by atoms with Gasteiger partial charge in [0.05, 0.1) is 35.1 Å². The van der Waals surface area contributed by atoms with Crippen molar-refractivity contribution in [2.45, 2.75) is 31.7 Å². The summed E-state index contributed by atoms with van der Waals surface area (Å²) in [4.78, 5) is 33.3. The molecule has 6 aliphatic rings. The highest BCUT2D eigenvalue weighted by atomic mass is 16.5. The number of para-hydroxylation sites is 1. The highest BCUT2D eigenvalue weighted by Crippen LogP contribution is 2.74. The summed E-state index contributed by atoms with van der Waals surface area (Å²) in [5.41, 5.74) is 0.271. The molecule has 0 N–H and O–H groups in total. The van der Waals surface area contributed by atoms with E-state index in [0.29, 0.717) is 12.3 Å². The molecule has 0 radical (unpaired) electrons. The molecule has 6 atom stereocenters. The molecule has 0 aromatic heterocycles. The molecule has 138 valence electrons. The van der Waals surface area contributed by atoms with E-state index in [1.165, 1.54) is 4.90 Å². The van der Waals surface area contributed by atoms with Gasteiger partial charge in [0.15, 0.2) is 5.90 Å². The number of carbonyl (C=O) groups is 2. The van der Waals surface area contributed by atoms with Gasteiger partial charge in [0.2, 0.25) is 11.8 Å². The van der Waals surface area contributed by atoms with Crippen molar-refractivity contribution in [3.63, 3.8) is 0 Å². The Morgan fingerprint density at radius 1 is 1.07 bits per heavy atom. The number of aliphatic imine (C=N–C) groups is 1. The topological polar surface area (TPSA) is 59.0 Å². The van der Waals surface area contributed by atoms with Crippen molar-refractivity contribution in [3.8, 4) is 0 Å². The average Bonchev–Trinajstić information content (AvgIpc) is 3.16. The van der Waals surface area contributed by atoms with Crippen molar-refractivity contribution < 1.29 is 14.3 Å². The van der Waals surface area contributed by atoms with Crippen LogP contribution in [0, 0.1) is 29.1 Å². The quantitative estimate of drug-likeness (QED) is 0.600. The molecule has 2 heterocycles. The maximum atomic E-state index is 13.5. The van der Waals surface area contributed by atoms with E-state index in [1.807, 2.05) is 37.3 Å². The fourth-order valence-electron chi connectivity index (χ4n) is 6.89. The second-order valence-corrected chi connectivity index (χ2v) is 8.43.